The van der Waals surface area contributed by atoms with Crippen LogP contribution in [0.5, 0.6) is 0 Å². The molecule has 0 saturated carbocycles. The van der Waals surface area contributed by atoms with E-state index in [-0.39, 0.29) is 71.7 Å². The van der Waals surface area contributed by atoms with Gasteiger partial charge in [0.2, 0.25) is 10.0 Å². The molecule has 1 aromatic rings. The molecule has 47 heavy (non-hydrogen) atoms. The summed E-state index contributed by atoms with van der Waals surface area (Å²) in [6.45, 7) is 14.9. The van der Waals surface area contributed by atoms with Gasteiger partial charge in [-0.05, 0) is 57.4 Å². The summed E-state index contributed by atoms with van der Waals surface area (Å²) in [5.41, 5.74) is 3.65. The number of hydrazone groups is 1. The Morgan fingerprint density at radius 2 is 1.66 bits per heavy atom. The van der Waals surface area contributed by atoms with Gasteiger partial charge in [-0.2, -0.15) is 14.7 Å². The highest BCUT2D eigenvalue weighted by molar-refractivity contribution is 7.89. The standard InChI is InChI=1S/C33H45N5O8S/c1-8-10-11-25(9-2)21-38-30(39)28(20-34)24(7)29(31(38)40)36-35-26-12-14-27(15-13-26)47(43,44)37(16-18-45-32(41)22(3)4)17-19-46-33(42)23(5)6/h12-15,25,30,35,39H,3,5,8-11,16-19,21H2,1-2,4,6-7H3/b36-29+. The van der Waals surface area contributed by atoms with Gasteiger partial charge in [-0.1, -0.05) is 46.3 Å². The van der Waals surface area contributed by atoms with Gasteiger partial charge in [-0.3, -0.25) is 10.2 Å². The summed E-state index contributed by atoms with van der Waals surface area (Å²) in [6, 6.07) is 7.53. The molecule has 0 bridgehead atoms. The van der Waals surface area contributed by atoms with Gasteiger partial charge in [0.1, 0.15) is 13.2 Å². The lowest BCUT2D eigenvalue weighted by Crippen LogP contribution is -2.51. The number of aliphatic hydroxyl groups excluding tert-OH is 1. The van der Waals surface area contributed by atoms with E-state index in [2.05, 4.69) is 30.6 Å². The Labute approximate surface area is 277 Å². The molecule has 1 aromatic carbocycles. The summed E-state index contributed by atoms with van der Waals surface area (Å²) in [5, 5.41) is 24.8. The van der Waals surface area contributed by atoms with Crippen molar-refractivity contribution in [2.24, 2.45) is 11.0 Å². The number of carbonyl (C=O) groups is 3. The van der Waals surface area contributed by atoms with Crippen molar-refractivity contribution in [1.29, 1.82) is 5.26 Å². The van der Waals surface area contributed by atoms with Crippen LogP contribution in [0.2, 0.25) is 0 Å². The molecule has 1 amide bonds. The van der Waals surface area contributed by atoms with E-state index < -0.39 is 34.1 Å². The molecule has 1 heterocycles. The number of carbonyl (C=O) groups excluding carboxylic acids is 3. The van der Waals surface area contributed by atoms with E-state index in [0.29, 0.717) is 5.69 Å². The minimum atomic E-state index is -4.14. The first kappa shape index (κ1) is 38.9. The summed E-state index contributed by atoms with van der Waals surface area (Å²) in [6.07, 6.45) is 2.29. The third kappa shape index (κ3) is 10.6. The predicted octanol–water partition coefficient (Wildman–Crippen LogP) is 3.90. The molecule has 0 radical (unpaired) electrons. The quantitative estimate of drug-likeness (QED) is 0.132. The lowest BCUT2D eigenvalue weighted by atomic mass is 9.94. The Balaban J connectivity index is 2.29. The maximum Gasteiger partial charge on any atom is 0.333 e. The average molecular weight is 672 g/mol. The van der Waals surface area contributed by atoms with E-state index in [4.69, 9.17) is 9.47 Å². The first-order valence-corrected chi connectivity index (χ1v) is 16.8. The Bertz CT molecular complexity index is 1510. The number of rotatable bonds is 18. The van der Waals surface area contributed by atoms with E-state index in [1.54, 1.807) is 0 Å². The molecule has 2 rings (SSSR count). The van der Waals surface area contributed by atoms with Gasteiger partial charge in [-0.25, -0.2) is 18.0 Å². The second-order valence-electron chi connectivity index (χ2n) is 11.2. The van der Waals surface area contributed by atoms with Gasteiger partial charge >= 0.3 is 11.9 Å². The van der Waals surface area contributed by atoms with Crippen molar-refractivity contribution in [3.05, 3.63) is 59.7 Å². The second-order valence-corrected chi connectivity index (χ2v) is 13.2. The van der Waals surface area contributed by atoms with Gasteiger partial charge in [0.05, 0.1) is 22.2 Å². The highest BCUT2D eigenvalue weighted by Gasteiger charge is 2.37. The van der Waals surface area contributed by atoms with E-state index in [1.165, 1.54) is 49.9 Å². The van der Waals surface area contributed by atoms with Gasteiger partial charge in [0, 0.05) is 36.4 Å². The number of benzene rings is 1. The van der Waals surface area contributed by atoms with Gasteiger partial charge in [0.15, 0.2) is 11.9 Å². The molecular weight excluding hydrogens is 626 g/mol. The van der Waals surface area contributed by atoms with Crippen LogP contribution in [0, 0.1) is 17.2 Å². The largest absolute Gasteiger partial charge is 0.461 e. The van der Waals surface area contributed by atoms with Crippen molar-refractivity contribution in [2.75, 3.05) is 38.3 Å². The SMILES string of the molecule is C=C(C)C(=O)OCCN(CCOC(=O)C(=C)C)S(=O)(=O)c1ccc(N/N=C2/C(=O)N(CC(CC)CCCC)C(O)C(C#N)=C2C)cc1. The number of nitrogens with zero attached hydrogens (tertiary/aromatic N) is 4. The van der Waals surface area contributed by atoms with Crippen molar-refractivity contribution in [3.63, 3.8) is 0 Å². The van der Waals surface area contributed by atoms with Gasteiger partial charge < -0.3 is 19.5 Å². The number of ether oxygens (including phenoxy) is 2. The van der Waals surface area contributed by atoms with Crippen molar-refractivity contribution < 1.29 is 37.4 Å². The van der Waals surface area contributed by atoms with Crippen molar-refractivity contribution >= 4 is 39.3 Å². The molecule has 256 valence electrons. The molecule has 0 fully saturated rings. The zero-order valence-corrected chi connectivity index (χ0v) is 28.6. The van der Waals surface area contributed by atoms with Crippen LogP contribution in [0.4, 0.5) is 5.69 Å². The molecule has 1 aliphatic heterocycles. The molecule has 14 heteroatoms. The molecule has 2 N–H and O–H groups in total. The highest BCUT2D eigenvalue weighted by Crippen LogP contribution is 2.26. The molecule has 0 aromatic heterocycles. The summed E-state index contributed by atoms with van der Waals surface area (Å²) < 4.78 is 38.2. The summed E-state index contributed by atoms with van der Waals surface area (Å²) >= 11 is 0. The third-order valence-corrected chi connectivity index (χ3v) is 9.44. The predicted molar refractivity (Wildman–Crippen MR) is 177 cm³/mol. The third-order valence-electron chi connectivity index (χ3n) is 7.53. The van der Waals surface area contributed by atoms with E-state index in [0.717, 1.165) is 30.0 Å². The zero-order chi connectivity index (χ0) is 35.3. The van der Waals surface area contributed by atoms with Crippen LogP contribution < -0.4 is 5.43 Å². The molecule has 2 atom stereocenters. The number of anilines is 1. The number of nitriles is 1. The van der Waals surface area contributed by atoms with Crippen LogP contribution in [0.25, 0.3) is 0 Å². The Hall–Kier alpha value is -4.32. The lowest BCUT2D eigenvalue weighted by molar-refractivity contribution is -0.139. The fourth-order valence-electron chi connectivity index (χ4n) is 4.59. The topological polar surface area (TPSA) is 179 Å². The van der Waals surface area contributed by atoms with E-state index in [9.17, 15) is 33.2 Å². The maximum absolute atomic E-state index is 13.5. The Kier molecular flexibility index (Phi) is 15.0. The van der Waals surface area contributed by atoms with Crippen LogP contribution in [-0.4, -0.2) is 85.4 Å². The summed E-state index contributed by atoms with van der Waals surface area (Å²) in [5.74, 6) is -1.72. The van der Waals surface area contributed by atoms with Gasteiger partial charge in [0.25, 0.3) is 5.91 Å². The van der Waals surface area contributed by atoms with Crippen molar-refractivity contribution in [2.45, 2.75) is 71.4 Å². The van der Waals surface area contributed by atoms with Crippen LogP contribution in [0.15, 0.2) is 69.7 Å². The van der Waals surface area contributed by atoms with Gasteiger partial charge in [-0.15, -0.1) is 0 Å². The number of unbranched alkanes of at least 4 members (excludes halogenated alkanes) is 1. The number of amides is 1. The first-order valence-electron chi connectivity index (χ1n) is 15.4. The zero-order valence-electron chi connectivity index (χ0n) is 27.7. The van der Waals surface area contributed by atoms with Crippen LogP contribution >= 0.6 is 0 Å². The number of hydrogen-bond acceptors (Lipinski definition) is 11. The molecule has 0 saturated heterocycles. The first-order chi connectivity index (χ1) is 22.2. The van der Waals surface area contributed by atoms with E-state index >= 15 is 0 Å². The highest BCUT2D eigenvalue weighted by atomic mass is 32.2. The summed E-state index contributed by atoms with van der Waals surface area (Å²) in [7, 11) is -4.14. The smallest absolute Gasteiger partial charge is 0.333 e. The second kappa shape index (κ2) is 18.1. The fraction of sp³-hybridized carbons (Fsp3) is 0.485. The minimum absolute atomic E-state index is 0.0277. The number of sulfonamides is 1. The van der Waals surface area contributed by atoms with Crippen molar-refractivity contribution in [3.8, 4) is 6.07 Å². The van der Waals surface area contributed by atoms with Crippen LogP contribution in [0.3, 0.4) is 0 Å². The van der Waals surface area contributed by atoms with Crippen molar-refractivity contribution in [1.82, 2.24) is 9.21 Å². The molecular formula is C33H45N5O8S. The number of esters is 2. The number of nitrogens with one attached hydrogen (secondary N) is 1. The number of hydrogen-bond donors (Lipinski definition) is 2. The number of aliphatic hydroxyl groups is 1. The molecule has 0 aliphatic carbocycles. The molecule has 0 spiro atoms. The fourth-order valence-corrected chi connectivity index (χ4v) is 5.99. The Morgan fingerprint density at radius 3 is 2.13 bits per heavy atom. The van der Waals surface area contributed by atoms with Crippen LogP contribution in [0.1, 0.15) is 60.3 Å². The minimum Gasteiger partial charge on any atom is -0.461 e. The van der Waals surface area contributed by atoms with Crippen LogP contribution in [-0.2, 0) is 33.9 Å². The molecule has 2 unspecified atom stereocenters. The average Bonchev–Trinajstić information content (AvgIpc) is 3.03. The monoisotopic (exact) mass is 671 g/mol. The molecule has 13 nitrogen and oxygen atoms in total. The normalized spacial score (nSPS) is 16.6. The maximum atomic E-state index is 13.5. The molecule has 1 aliphatic rings. The Morgan fingerprint density at radius 1 is 1.11 bits per heavy atom. The summed E-state index contributed by atoms with van der Waals surface area (Å²) in [4.78, 5) is 38.2. The van der Waals surface area contributed by atoms with E-state index in [1.807, 2.05) is 13.0 Å². The lowest BCUT2D eigenvalue weighted by Gasteiger charge is -2.35.